The Hall–Kier alpha value is -0.890. The van der Waals surface area contributed by atoms with Crippen molar-refractivity contribution in [2.24, 2.45) is 0 Å². The third kappa shape index (κ3) is 5.88. The van der Waals surface area contributed by atoms with Gasteiger partial charge in [-0.2, -0.15) is 0 Å². The van der Waals surface area contributed by atoms with Gasteiger partial charge >= 0.3 is 0 Å². The van der Waals surface area contributed by atoms with E-state index in [0.29, 0.717) is 16.6 Å². The maximum atomic E-state index is 11.8. The van der Waals surface area contributed by atoms with Crippen LogP contribution in [0.4, 0.5) is 5.69 Å². The predicted molar refractivity (Wildman–Crippen MR) is 104 cm³/mol. The molecule has 24 heavy (non-hydrogen) atoms. The lowest BCUT2D eigenvalue weighted by Gasteiger charge is -2.31. The lowest BCUT2D eigenvalue weighted by molar-refractivity contribution is -0.858. The van der Waals surface area contributed by atoms with E-state index in [0.717, 1.165) is 25.2 Å². The van der Waals surface area contributed by atoms with E-state index in [4.69, 9.17) is 23.8 Å². The van der Waals surface area contributed by atoms with Gasteiger partial charge in [0.05, 0.1) is 32.1 Å². The van der Waals surface area contributed by atoms with Gasteiger partial charge in [-0.05, 0) is 42.9 Å². The van der Waals surface area contributed by atoms with E-state index in [-0.39, 0.29) is 17.5 Å². The number of benzene rings is 1. The summed E-state index contributed by atoms with van der Waals surface area (Å²) in [6.45, 7) is 1.77. The molecular formula is C16H25ClN3O2S2+. The summed E-state index contributed by atoms with van der Waals surface area (Å²) in [6, 6.07) is 7.28. The zero-order chi connectivity index (χ0) is 17.7. The molecule has 134 valence electrons. The number of anilines is 1. The van der Waals surface area contributed by atoms with Crippen molar-refractivity contribution in [2.75, 3.05) is 44.0 Å². The highest BCUT2D eigenvalue weighted by Gasteiger charge is 2.33. The number of nitrogens with one attached hydrogen (secondary N) is 2. The van der Waals surface area contributed by atoms with Crippen molar-refractivity contribution < 1.29 is 13.3 Å². The Morgan fingerprint density at radius 1 is 1.38 bits per heavy atom. The quantitative estimate of drug-likeness (QED) is 0.711. The van der Waals surface area contributed by atoms with E-state index in [1.165, 1.54) is 4.90 Å². The summed E-state index contributed by atoms with van der Waals surface area (Å²) in [7, 11) is 1.27. The van der Waals surface area contributed by atoms with Crippen molar-refractivity contribution >= 4 is 44.5 Å². The normalized spacial score (nSPS) is 19.4. The van der Waals surface area contributed by atoms with E-state index < -0.39 is 9.84 Å². The molecule has 1 saturated heterocycles. The smallest absolute Gasteiger partial charge is 0.173 e. The van der Waals surface area contributed by atoms with Crippen LogP contribution in [0.3, 0.4) is 0 Å². The minimum Gasteiger partial charge on any atom is -0.345 e. The SMILES string of the molecule is C[NH+](C)CCCN(C(=S)Nc1ccc(Cl)cc1)[C@@H]1CCS(=O)(=O)C1. The molecule has 0 aromatic heterocycles. The Morgan fingerprint density at radius 2 is 2.04 bits per heavy atom. The fourth-order valence-corrected chi connectivity index (χ4v) is 5.02. The molecular weight excluding hydrogens is 366 g/mol. The molecule has 0 unspecified atom stereocenters. The average molecular weight is 391 g/mol. The van der Waals surface area contributed by atoms with E-state index >= 15 is 0 Å². The lowest BCUT2D eigenvalue weighted by atomic mass is 10.2. The minimum atomic E-state index is -2.95. The fourth-order valence-electron chi connectivity index (χ4n) is 2.80. The van der Waals surface area contributed by atoms with Crippen molar-refractivity contribution in [2.45, 2.75) is 18.9 Å². The van der Waals surface area contributed by atoms with Crippen LogP contribution in [-0.2, 0) is 9.84 Å². The summed E-state index contributed by atoms with van der Waals surface area (Å²) in [4.78, 5) is 3.41. The first-order chi connectivity index (χ1) is 11.3. The predicted octanol–water partition coefficient (Wildman–Crippen LogP) is 1.06. The Labute approximate surface area is 154 Å². The third-order valence-electron chi connectivity index (χ3n) is 4.08. The van der Waals surface area contributed by atoms with E-state index in [2.05, 4.69) is 19.4 Å². The number of rotatable bonds is 6. The fraction of sp³-hybridized carbons (Fsp3) is 0.562. The van der Waals surface area contributed by atoms with Gasteiger partial charge in [0.1, 0.15) is 0 Å². The number of quaternary nitrogens is 1. The Kier molecular flexibility index (Phi) is 6.86. The van der Waals surface area contributed by atoms with Gasteiger partial charge < -0.3 is 15.1 Å². The van der Waals surface area contributed by atoms with Crippen molar-refractivity contribution in [1.29, 1.82) is 0 Å². The van der Waals surface area contributed by atoms with Crippen molar-refractivity contribution in [3.8, 4) is 0 Å². The molecule has 1 heterocycles. The zero-order valence-electron chi connectivity index (χ0n) is 14.1. The molecule has 8 heteroatoms. The second-order valence-electron chi connectivity index (χ2n) is 6.50. The van der Waals surface area contributed by atoms with Crippen LogP contribution in [0.2, 0.25) is 5.02 Å². The Bertz CT molecular complexity index is 662. The zero-order valence-corrected chi connectivity index (χ0v) is 16.5. The summed E-state index contributed by atoms with van der Waals surface area (Å²) >= 11 is 11.5. The molecule has 0 amide bonds. The molecule has 1 aliphatic rings. The molecule has 0 bridgehead atoms. The third-order valence-corrected chi connectivity index (χ3v) is 6.42. The average Bonchev–Trinajstić information content (AvgIpc) is 2.85. The van der Waals surface area contributed by atoms with Crippen molar-refractivity contribution in [3.63, 3.8) is 0 Å². The monoisotopic (exact) mass is 390 g/mol. The first-order valence-electron chi connectivity index (χ1n) is 8.09. The van der Waals surface area contributed by atoms with Gasteiger partial charge in [-0.15, -0.1) is 0 Å². The summed E-state index contributed by atoms with van der Waals surface area (Å²) in [5.41, 5.74) is 0.855. The number of hydrogen-bond donors (Lipinski definition) is 2. The first-order valence-corrected chi connectivity index (χ1v) is 10.7. The maximum Gasteiger partial charge on any atom is 0.173 e. The van der Waals surface area contributed by atoms with Crippen LogP contribution in [0.1, 0.15) is 12.8 Å². The van der Waals surface area contributed by atoms with E-state index in [1.807, 2.05) is 17.0 Å². The number of nitrogens with zero attached hydrogens (tertiary/aromatic N) is 1. The molecule has 0 saturated carbocycles. The number of thiocarbonyl (C=S) groups is 1. The lowest BCUT2D eigenvalue weighted by Crippen LogP contribution is -3.05. The van der Waals surface area contributed by atoms with Crippen LogP contribution in [0.5, 0.6) is 0 Å². The highest BCUT2D eigenvalue weighted by atomic mass is 35.5. The van der Waals surface area contributed by atoms with Crippen LogP contribution >= 0.6 is 23.8 Å². The standard InChI is InChI=1S/C16H24ClN3O2S2/c1-19(2)9-3-10-20(15-8-11-24(21,22)12-15)16(23)18-14-6-4-13(17)5-7-14/h4-7,15H,3,8-12H2,1-2H3,(H,18,23)/p+1/t15-/m1/s1. The molecule has 1 aromatic carbocycles. The van der Waals surface area contributed by atoms with E-state index in [9.17, 15) is 8.42 Å². The van der Waals surface area contributed by atoms with Crippen LogP contribution in [0, 0.1) is 0 Å². The molecule has 1 fully saturated rings. The summed E-state index contributed by atoms with van der Waals surface area (Å²) in [5.74, 6) is 0.431. The van der Waals surface area contributed by atoms with Crippen LogP contribution in [0.15, 0.2) is 24.3 Å². The molecule has 0 radical (unpaired) electrons. The largest absolute Gasteiger partial charge is 0.345 e. The van der Waals surface area contributed by atoms with E-state index in [1.54, 1.807) is 12.1 Å². The van der Waals surface area contributed by atoms with Gasteiger partial charge in [-0.25, -0.2) is 8.42 Å². The van der Waals surface area contributed by atoms with Crippen LogP contribution in [-0.4, -0.2) is 63.2 Å². The van der Waals surface area contributed by atoms with Gasteiger partial charge in [-0.1, -0.05) is 11.6 Å². The second kappa shape index (κ2) is 8.47. The van der Waals surface area contributed by atoms with Crippen molar-refractivity contribution in [3.05, 3.63) is 29.3 Å². The highest BCUT2D eigenvalue weighted by Crippen LogP contribution is 2.20. The van der Waals surface area contributed by atoms with Gasteiger partial charge in [-0.3, -0.25) is 0 Å². The highest BCUT2D eigenvalue weighted by molar-refractivity contribution is 7.91. The van der Waals surface area contributed by atoms with Crippen LogP contribution < -0.4 is 10.2 Å². The number of hydrogen-bond acceptors (Lipinski definition) is 3. The summed E-state index contributed by atoms with van der Waals surface area (Å²) in [5, 5.41) is 4.45. The number of sulfone groups is 1. The molecule has 1 aromatic rings. The molecule has 1 atom stereocenters. The summed E-state index contributed by atoms with van der Waals surface area (Å²) in [6.07, 6.45) is 1.60. The van der Waals surface area contributed by atoms with Crippen LogP contribution in [0.25, 0.3) is 0 Å². The molecule has 2 N–H and O–H groups in total. The second-order valence-corrected chi connectivity index (χ2v) is 9.55. The molecule has 2 rings (SSSR count). The van der Waals surface area contributed by atoms with Gasteiger partial charge in [0.2, 0.25) is 0 Å². The molecule has 1 aliphatic heterocycles. The molecule has 5 nitrogen and oxygen atoms in total. The topological polar surface area (TPSA) is 53.9 Å². The minimum absolute atomic E-state index is 0.0422. The van der Waals surface area contributed by atoms with Crippen molar-refractivity contribution in [1.82, 2.24) is 4.90 Å². The molecule has 0 spiro atoms. The maximum absolute atomic E-state index is 11.8. The van der Waals surface area contributed by atoms with Gasteiger partial charge in [0.25, 0.3) is 0 Å². The number of halogens is 1. The van der Waals surface area contributed by atoms with Gasteiger partial charge in [0.15, 0.2) is 14.9 Å². The Morgan fingerprint density at radius 3 is 2.58 bits per heavy atom. The Balaban J connectivity index is 2.05. The van der Waals surface area contributed by atoms with Gasteiger partial charge in [0, 0.05) is 29.7 Å². The summed E-state index contributed by atoms with van der Waals surface area (Å²) < 4.78 is 23.7. The molecule has 0 aliphatic carbocycles. The first kappa shape index (κ1) is 19.4.